The molecule has 1 unspecified atom stereocenters. The van der Waals surface area contributed by atoms with E-state index in [2.05, 4.69) is 5.32 Å². The first-order valence-corrected chi connectivity index (χ1v) is 6.26. The Bertz CT molecular complexity index is 414. The van der Waals surface area contributed by atoms with Gasteiger partial charge in [0.15, 0.2) is 0 Å². The molecule has 19 heavy (non-hydrogen) atoms. The van der Waals surface area contributed by atoms with Crippen LogP contribution < -0.4 is 5.32 Å². The highest BCUT2D eigenvalue weighted by atomic mass is 16.6. The normalized spacial score (nSPS) is 30.7. The van der Waals surface area contributed by atoms with Crippen molar-refractivity contribution in [2.75, 3.05) is 13.2 Å². The Kier molecular flexibility index (Phi) is 4.73. The number of rotatable bonds is 5. The van der Waals surface area contributed by atoms with Crippen molar-refractivity contribution >= 4 is 0 Å². The van der Waals surface area contributed by atoms with Gasteiger partial charge in [0, 0.05) is 6.54 Å². The molecule has 0 aliphatic carbocycles. The Morgan fingerprint density at radius 1 is 1.16 bits per heavy atom. The third-order valence-corrected chi connectivity index (χ3v) is 3.27. The fraction of sp³-hybridized carbons (Fsp3) is 0.538. The summed E-state index contributed by atoms with van der Waals surface area (Å²) in [5.74, 6) is 0.227. The van der Waals surface area contributed by atoms with E-state index in [1.165, 1.54) is 0 Å². The van der Waals surface area contributed by atoms with E-state index >= 15 is 0 Å². The van der Waals surface area contributed by atoms with Crippen LogP contribution in [0.5, 0.6) is 5.75 Å². The predicted molar refractivity (Wildman–Crippen MR) is 67.6 cm³/mol. The van der Waals surface area contributed by atoms with Crippen LogP contribution in [0.4, 0.5) is 0 Å². The van der Waals surface area contributed by atoms with Crippen molar-refractivity contribution in [2.45, 2.75) is 31.0 Å². The molecule has 106 valence electrons. The number of ether oxygens (including phenoxy) is 1. The number of phenolic OH excluding ortho intramolecular Hbond substituents is 1. The maximum absolute atomic E-state index is 9.71. The highest BCUT2D eigenvalue weighted by Crippen LogP contribution is 2.20. The van der Waals surface area contributed by atoms with Crippen molar-refractivity contribution in [3.63, 3.8) is 0 Å². The monoisotopic (exact) mass is 269 g/mol. The molecule has 1 aromatic carbocycles. The third-order valence-electron chi connectivity index (χ3n) is 3.27. The lowest BCUT2D eigenvalue weighted by atomic mass is 10.1. The van der Waals surface area contributed by atoms with Gasteiger partial charge in [-0.25, -0.2) is 0 Å². The fourth-order valence-electron chi connectivity index (χ4n) is 2.14. The van der Waals surface area contributed by atoms with Crippen LogP contribution in [0.25, 0.3) is 0 Å². The van der Waals surface area contributed by atoms with E-state index in [-0.39, 0.29) is 12.4 Å². The molecule has 0 spiro atoms. The van der Waals surface area contributed by atoms with Gasteiger partial charge in [-0.05, 0) is 18.1 Å². The second-order valence-corrected chi connectivity index (χ2v) is 4.59. The van der Waals surface area contributed by atoms with Crippen LogP contribution in [0.1, 0.15) is 5.56 Å². The van der Waals surface area contributed by atoms with Gasteiger partial charge in [-0.15, -0.1) is 0 Å². The number of aromatic hydroxyl groups is 1. The highest BCUT2D eigenvalue weighted by Gasteiger charge is 2.41. The van der Waals surface area contributed by atoms with Gasteiger partial charge < -0.3 is 25.2 Å². The number of aliphatic hydroxyl groups is 3. The van der Waals surface area contributed by atoms with E-state index < -0.39 is 24.5 Å². The molecule has 1 aliphatic rings. The third kappa shape index (κ3) is 3.23. The SMILES string of the molecule is OC[C@H]1OC(NCCc2ccccc2O)[C@H](O)[C@@H]1O. The number of benzene rings is 1. The lowest BCUT2D eigenvalue weighted by Gasteiger charge is -2.16. The minimum absolute atomic E-state index is 0.227. The molecule has 0 aromatic heterocycles. The summed E-state index contributed by atoms with van der Waals surface area (Å²) in [5, 5.41) is 40.8. The van der Waals surface area contributed by atoms with Gasteiger partial charge in [0.2, 0.25) is 0 Å². The molecule has 5 N–H and O–H groups in total. The molecule has 0 amide bonds. The number of para-hydroxylation sites is 1. The van der Waals surface area contributed by atoms with E-state index in [0.717, 1.165) is 5.56 Å². The Labute approximate surface area is 111 Å². The Balaban J connectivity index is 1.82. The zero-order valence-corrected chi connectivity index (χ0v) is 10.4. The summed E-state index contributed by atoms with van der Waals surface area (Å²) in [6.07, 6.45) is -3.07. The van der Waals surface area contributed by atoms with Crippen molar-refractivity contribution in [1.82, 2.24) is 5.32 Å². The first-order valence-electron chi connectivity index (χ1n) is 6.26. The van der Waals surface area contributed by atoms with Crippen LogP contribution >= 0.6 is 0 Å². The lowest BCUT2D eigenvalue weighted by Crippen LogP contribution is -2.41. The quantitative estimate of drug-likeness (QED) is 0.468. The van der Waals surface area contributed by atoms with Crippen LogP contribution in [-0.4, -0.2) is 58.1 Å². The van der Waals surface area contributed by atoms with Crippen LogP contribution in [0, 0.1) is 0 Å². The summed E-state index contributed by atoms with van der Waals surface area (Å²) in [6.45, 7) is 0.139. The van der Waals surface area contributed by atoms with Crippen molar-refractivity contribution in [2.24, 2.45) is 0 Å². The zero-order chi connectivity index (χ0) is 13.8. The number of hydrogen-bond donors (Lipinski definition) is 5. The molecule has 1 heterocycles. The molecule has 1 saturated heterocycles. The second-order valence-electron chi connectivity index (χ2n) is 4.59. The number of phenols is 1. The minimum Gasteiger partial charge on any atom is -0.508 e. The topological polar surface area (TPSA) is 102 Å². The van der Waals surface area contributed by atoms with Gasteiger partial charge in [-0.3, -0.25) is 5.32 Å². The predicted octanol–water partition coefficient (Wildman–Crippen LogP) is -1.04. The first-order chi connectivity index (χ1) is 9.13. The smallest absolute Gasteiger partial charge is 0.137 e. The Hall–Kier alpha value is -1.18. The largest absolute Gasteiger partial charge is 0.508 e. The molecule has 2 rings (SSSR count). The number of aliphatic hydroxyl groups excluding tert-OH is 3. The maximum Gasteiger partial charge on any atom is 0.137 e. The Morgan fingerprint density at radius 2 is 1.89 bits per heavy atom. The Morgan fingerprint density at radius 3 is 2.53 bits per heavy atom. The molecule has 4 atom stereocenters. The molecule has 0 bridgehead atoms. The number of nitrogens with one attached hydrogen (secondary N) is 1. The fourth-order valence-corrected chi connectivity index (χ4v) is 2.14. The number of hydrogen-bond acceptors (Lipinski definition) is 6. The van der Waals surface area contributed by atoms with Crippen molar-refractivity contribution < 1.29 is 25.2 Å². The lowest BCUT2D eigenvalue weighted by molar-refractivity contribution is -0.0327. The average Bonchev–Trinajstić information content (AvgIpc) is 2.69. The van der Waals surface area contributed by atoms with Gasteiger partial charge in [0.25, 0.3) is 0 Å². The van der Waals surface area contributed by atoms with Gasteiger partial charge >= 0.3 is 0 Å². The van der Waals surface area contributed by atoms with Crippen molar-refractivity contribution in [1.29, 1.82) is 0 Å². The summed E-state index contributed by atoms with van der Waals surface area (Å²) in [7, 11) is 0. The van der Waals surface area contributed by atoms with Crippen LogP contribution in [0.2, 0.25) is 0 Å². The summed E-state index contributed by atoms with van der Waals surface area (Å²) in [5.41, 5.74) is 0.793. The molecular weight excluding hydrogens is 250 g/mol. The van der Waals surface area contributed by atoms with Crippen LogP contribution in [-0.2, 0) is 11.2 Å². The summed E-state index contributed by atoms with van der Waals surface area (Å²) < 4.78 is 5.28. The molecular formula is C13H19NO5. The highest BCUT2D eigenvalue weighted by molar-refractivity contribution is 5.31. The van der Waals surface area contributed by atoms with Crippen molar-refractivity contribution in [3.05, 3.63) is 29.8 Å². The zero-order valence-electron chi connectivity index (χ0n) is 10.4. The van der Waals surface area contributed by atoms with E-state index in [9.17, 15) is 15.3 Å². The first kappa shape index (κ1) is 14.2. The van der Waals surface area contributed by atoms with E-state index in [0.29, 0.717) is 13.0 Å². The molecule has 1 aliphatic heterocycles. The van der Waals surface area contributed by atoms with E-state index in [1.807, 2.05) is 12.1 Å². The molecule has 0 radical (unpaired) electrons. The second kappa shape index (κ2) is 6.31. The van der Waals surface area contributed by atoms with Gasteiger partial charge in [0.05, 0.1) is 6.61 Å². The molecule has 6 heteroatoms. The molecule has 6 nitrogen and oxygen atoms in total. The van der Waals surface area contributed by atoms with E-state index in [1.54, 1.807) is 12.1 Å². The van der Waals surface area contributed by atoms with Crippen molar-refractivity contribution in [3.8, 4) is 5.75 Å². The molecule has 1 fully saturated rings. The van der Waals surface area contributed by atoms with Crippen LogP contribution in [0.15, 0.2) is 24.3 Å². The van der Waals surface area contributed by atoms with Crippen LogP contribution in [0.3, 0.4) is 0 Å². The maximum atomic E-state index is 9.71. The van der Waals surface area contributed by atoms with Gasteiger partial charge in [0.1, 0.15) is 30.3 Å². The van der Waals surface area contributed by atoms with Gasteiger partial charge in [-0.2, -0.15) is 0 Å². The summed E-state index contributed by atoms with van der Waals surface area (Å²) >= 11 is 0. The summed E-state index contributed by atoms with van der Waals surface area (Å²) in [6, 6.07) is 7.01. The molecule has 1 aromatic rings. The minimum atomic E-state index is -1.09. The summed E-state index contributed by atoms with van der Waals surface area (Å²) in [4.78, 5) is 0. The average molecular weight is 269 g/mol. The molecule has 0 saturated carbocycles. The standard InChI is InChI=1S/C13H19NO5/c15-7-10-11(17)12(18)13(19-10)14-6-5-8-3-1-2-4-9(8)16/h1-4,10-18H,5-7H2/t10-,11-,12-,13?/m1/s1. The van der Waals surface area contributed by atoms with Gasteiger partial charge in [-0.1, -0.05) is 18.2 Å². The van der Waals surface area contributed by atoms with E-state index in [4.69, 9.17) is 9.84 Å².